The van der Waals surface area contributed by atoms with E-state index in [4.69, 9.17) is 0 Å². The van der Waals surface area contributed by atoms with Gasteiger partial charge >= 0.3 is 0 Å². The molecular formula is C20H32N4O3. The van der Waals surface area contributed by atoms with Crippen LogP contribution in [0.3, 0.4) is 0 Å². The van der Waals surface area contributed by atoms with Crippen molar-refractivity contribution in [2.75, 3.05) is 32.7 Å². The number of nitrogens with zero attached hydrogens (tertiary/aromatic N) is 4. The van der Waals surface area contributed by atoms with E-state index >= 15 is 0 Å². The monoisotopic (exact) mass is 376 g/mol. The summed E-state index contributed by atoms with van der Waals surface area (Å²) in [5.41, 5.74) is 0.00194. The van der Waals surface area contributed by atoms with Gasteiger partial charge in [-0.15, -0.1) is 0 Å². The standard InChI is InChI=1S/C20H32N4O3/c1-16-5-6-19(26)24(21-16)13-18-7-11-22(12-8-18)14-20(27)9-3-4-10-23(15-20)17(2)25/h5-6,18,27H,3-4,7-15H2,1-2H3. The number of piperidine rings is 1. The Hall–Kier alpha value is -1.73. The number of β-amino-alcohol motifs (C(OH)–C–C–N with tert-alkyl or cyclic N) is 1. The molecule has 27 heavy (non-hydrogen) atoms. The Morgan fingerprint density at radius 3 is 2.70 bits per heavy atom. The summed E-state index contributed by atoms with van der Waals surface area (Å²) in [6, 6.07) is 3.33. The molecule has 0 aromatic carbocycles. The molecule has 1 unspecified atom stereocenters. The van der Waals surface area contributed by atoms with E-state index in [1.165, 1.54) is 0 Å². The van der Waals surface area contributed by atoms with Crippen LogP contribution < -0.4 is 5.56 Å². The van der Waals surface area contributed by atoms with Crippen molar-refractivity contribution in [3.63, 3.8) is 0 Å². The zero-order chi connectivity index (χ0) is 19.4. The van der Waals surface area contributed by atoms with Crippen LogP contribution in [0.15, 0.2) is 16.9 Å². The Labute approximate surface area is 161 Å². The highest BCUT2D eigenvalue weighted by molar-refractivity contribution is 5.73. The molecule has 1 aromatic rings. The normalized spacial score (nSPS) is 25.4. The van der Waals surface area contributed by atoms with E-state index in [0.29, 0.717) is 25.6 Å². The summed E-state index contributed by atoms with van der Waals surface area (Å²) >= 11 is 0. The van der Waals surface area contributed by atoms with Crippen LogP contribution in [0.5, 0.6) is 0 Å². The second kappa shape index (κ2) is 8.52. The van der Waals surface area contributed by atoms with Crippen LogP contribution in [-0.2, 0) is 11.3 Å². The molecule has 2 aliphatic heterocycles. The third kappa shape index (κ3) is 5.39. The van der Waals surface area contributed by atoms with Crippen molar-refractivity contribution >= 4 is 5.91 Å². The molecule has 0 saturated carbocycles. The number of carbonyl (C=O) groups excluding carboxylic acids is 1. The first-order valence-corrected chi connectivity index (χ1v) is 10.1. The van der Waals surface area contributed by atoms with Gasteiger partial charge in [0, 0.05) is 32.6 Å². The molecule has 7 heteroatoms. The van der Waals surface area contributed by atoms with Crippen LogP contribution in [0.4, 0.5) is 0 Å². The second-order valence-electron chi connectivity index (χ2n) is 8.34. The molecule has 0 aliphatic carbocycles. The molecule has 1 amide bonds. The lowest BCUT2D eigenvalue weighted by Crippen LogP contribution is -2.52. The van der Waals surface area contributed by atoms with E-state index in [1.54, 1.807) is 28.6 Å². The highest BCUT2D eigenvalue weighted by atomic mass is 16.3. The van der Waals surface area contributed by atoms with Crippen molar-refractivity contribution in [2.24, 2.45) is 5.92 Å². The van der Waals surface area contributed by atoms with Crippen molar-refractivity contribution in [3.8, 4) is 0 Å². The zero-order valence-corrected chi connectivity index (χ0v) is 16.6. The van der Waals surface area contributed by atoms with Crippen molar-refractivity contribution < 1.29 is 9.90 Å². The first-order chi connectivity index (χ1) is 12.8. The number of carbonyl (C=O) groups is 1. The van der Waals surface area contributed by atoms with Crippen LogP contribution in [0.2, 0.25) is 0 Å². The number of amides is 1. The maximum absolute atomic E-state index is 12.0. The molecule has 0 spiro atoms. The van der Waals surface area contributed by atoms with Gasteiger partial charge < -0.3 is 14.9 Å². The first-order valence-electron chi connectivity index (χ1n) is 10.1. The highest BCUT2D eigenvalue weighted by Gasteiger charge is 2.35. The maximum Gasteiger partial charge on any atom is 0.266 e. The largest absolute Gasteiger partial charge is 0.387 e. The fraction of sp³-hybridized carbons (Fsp3) is 0.750. The number of aromatic nitrogens is 2. The first kappa shape index (κ1) is 20.0. The summed E-state index contributed by atoms with van der Waals surface area (Å²) in [6.45, 7) is 7.77. The van der Waals surface area contributed by atoms with Gasteiger partial charge in [-0.3, -0.25) is 9.59 Å². The molecule has 3 heterocycles. The summed E-state index contributed by atoms with van der Waals surface area (Å²) in [5, 5.41) is 15.4. The molecule has 0 bridgehead atoms. The molecule has 2 fully saturated rings. The lowest BCUT2D eigenvalue weighted by atomic mass is 9.92. The molecular weight excluding hydrogens is 344 g/mol. The molecule has 3 rings (SSSR count). The van der Waals surface area contributed by atoms with Crippen molar-refractivity contribution in [1.29, 1.82) is 0 Å². The van der Waals surface area contributed by atoms with Gasteiger partial charge in [0.1, 0.15) is 0 Å². The summed E-state index contributed by atoms with van der Waals surface area (Å²) in [6.07, 6.45) is 4.66. The molecule has 0 radical (unpaired) electrons. The number of aryl methyl sites for hydroxylation is 1. The van der Waals surface area contributed by atoms with Gasteiger partial charge in [0.25, 0.3) is 5.56 Å². The smallest absolute Gasteiger partial charge is 0.266 e. The lowest BCUT2D eigenvalue weighted by molar-refractivity contribution is -0.132. The summed E-state index contributed by atoms with van der Waals surface area (Å²) in [7, 11) is 0. The fourth-order valence-corrected chi connectivity index (χ4v) is 4.34. The van der Waals surface area contributed by atoms with Crippen LogP contribution in [0, 0.1) is 12.8 Å². The predicted molar refractivity (Wildman–Crippen MR) is 103 cm³/mol. The average Bonchev–Trinajstić information content (AvgIpc) is 2.82. The maximum atomic E-state index is 12.0. The highest BCUT2D eigenvalue weighted by Crippen LogP contribution is 2.25. The Morgan fingerprint density at radius 2 is 2.00 bits per heavy atom. The number of likely N-dealkylation sites (tertiary alicyclic amines) is 2. The lowest BCUT2D eigenvalue weighted by Gasteiger charge is -2.39. The van der Waals surface area contributed by atoms with Crippen molar-refractivity contribution in [2.45, 2.75) is 58.1 Å². The molecule has 1 N–H and O–H groups in total. The Kier molecular flexibility index (Phi) is 6.32. The minimum absolute atomic E-state index is 0.0416. The fourth-order valence-electron chi connectivity index (χ4n) is 4.34. The molecule has 7 nitrogen and oxygen atoms in total. The topological polar surface area (TPSA) is 78.7 Å². The van der Waals surface area contributed by atoms with Crippen molar-refractivity contribution in [1.82, 2.24) is 19.6 Å². The number of hydrogen-bond donors (Lipinski definition) is 1. The molecule has 1 atom stereocenters. The molecule has 2 aliphatic rings. The summed E-state index contributed by atoms with van der Waals surface area (Å²) in [4.78, 5) is 27.8. The molecule has 1 aromatic heterocycles. The van der Waals surface area contributed by atoms with Crippen molar-refractivity contribution in [3.05, 3.63) is 28.2 Å². The third-order valence-electron chi connectivity index (χ3n) is 5.91. The van der Waals surface area contributed by atoms with Gasteiger partial charge in [0.2, 0.25) is 5.91 Å². The SMILES string of the molecule is CC(=O)N1CCCCC(O)(CN2CCC(Cn3nc(C)ccc3=O)CC2)C1. The molecule has 2 saturated heterocycles. The quantitative estimate of drug-likeness (QED) is 0.849. The van der Waals surface area contributed by atoms with Crippen LogP contribution >= 0.6 is 0 Å². The van der Waals surface area contributed by atoms with Crippen LogP contribution in [0.1, 0.15) is 44.7 Å². The van der Waals surface area contributed by atoms with Gasteiger partial charge in [-0.05, 0) is 64.1 Å². The van der Waals surface area contributed by atoms with E-state index in [-0.39, 0.29) is 11.5 Å². The average molecular weight is 377 g/mol. The molecule has 150 valence electrons. The van der Waals surface area contributed by atoms with Crippen LogP contribution in [-0.4, -0.2) is 68.9 Å². The van der Waals surface area contributed by atoms with E-state index in [1.807, 2.05) is 6.92 Å². The Morgan fingerprint density at radius 1 is 1.26 bits per heavy atom. The minimum Gasteiger partial charge on any atom is -0.387 e. The zero-order valence-electron chi connectivity index (χ0n) is 16.6. The van der Waals surface area contributed by atoms with E-state index < -0.39 is 5.60 Å². The minimum atomic E-state index is -0.815. The van der Waals surface area contributed by atoms with E-state index in [9.17, 15) is 14.7 Å². The van der Waals surface area contributed by atoms with Gasteiger partial charge in [0.15, 0.2) is 0 Å². The van der Waals surface area contributed by atoms with Gasteiger partial charge in [0.05, 0.1) is 17.8 Å². The van der Waals surface area contributed by atoms with Gasteiger partial charge in [-0.25, -0.2) is 4.68 Å². The summed E-state index contributed by atoms with van der Waals surface area (Å²) in [5.74, 6) is 0.482. The third-order valence-corrected chi connectivity index (χ3v) is 5.91. The van der Waals surface area contributed by atoms with Gasteiger partial charge in [-0.2, -0.15) is 5.10 Å². The summed E-state index contributed by atoms with van der Waals surface area (Å²) < 4.78 is 1.58. The van der Waals surface area contributed by atoms with Gasteiger partial charge in [-0.1, -0.05) is 0 Å². The van der Waals surface area contributed by atoms with E-state index in [0.717, 1.165) is 57.4 Å². The Bertz CT molecular complexity index is 711. The van der Waals surface area contributed by atoms with Crippen LogP contribution in [0.25, 0.3) is 0 Å². The predicted octanol–water partition coefficient (Wildman–Crippen LogP) is 1.03. The number of aliphatic hydroxyl groups is 1. The van der Waals surface area contributed by atoms with E-state index in [2.05, 4.69) is 10.00 Å². The second-order valence-corrected chi connectivity index (χ2v) is 8.34. The number of hydrogen-bond acceptors (Lipinski definition) is 5. The Balaban J connectivity index is 1.53. The number of rotatable bonds is 4.